The molecule has 5 heteroatoms. The number of carbonyl (C=O) groups is 2. The molecular weight excluding hydrogens is 813 g/mol. The molecule has 0 aromatic rings. The van der Waals surface area contributed by atoms with Crippen molar-refractivity contribution in [2.24, 2.45) is 0 Å². The number of carbonyl (C=O) groups excluding carboxylic acids is 2. The SMILES string of the molecule is CC/C=C\C/C=C\C/C=C\C/C=C\C/C=C\C/C=C\CCCOCC(COC(=O)CCC/C=C\C/C=C\C/C=C\C/C=C\C/C=C\CC)OC(=O)CCCCCCCCCCCCCCC. The summed E-state index contributed by atoms with van der Waals surface area (Å²) < 4.78 is 17.3. The minimum atomic E-state index is -0.597. The molecule has 0 bridgehead atoms. The first kappa shape index (κ1) is 62.0. The molecule has 0 fully saturated rings. The van der Waals surface area contributed by atoms with Gasteiger partial charge in [-0.05, 0) is 103 Å². The Balaban J connectivity index is 4.48. The number of allylic oxidation sites excluding steroid dienone is 22. The third-order valence-electron chi connectivity index (χ3n) is 10.7. The summed E-state index contributed by atoms with van der Waals surface area (Å²) in [5, 5.41) is 0. The Morgan fingerprint density at radius 1 is 0.348 bits per heavy atom. The van der Waals surface area contributed by atoms with Crippen LogP contribution in [-0.2, 0) is 23.8 Å². The van der Waals surface area contributed by atoms with Crippen molar-refractivity contribution in [3.63, 3.8) is 0 Å². The molecule has 1 unspecified atom stereocenters. The Hall–Kier alpha value is -3.96. The molecule has 0 aliphatic carbocycles. The van der Waals surface area contributed by atoms with Gasteiger partial charge in [-0.25, -0.2) is 0 Å². The second-order valence-corrected chi connectivity index (χ2v) is 17.0. The van der Waals surface area contributed by atoms with Gasteiger partial charge >= 0.3 is 11.9 Å². The van der Waals surface area contributed by atoms with Gasteiger partial charge in [-0.3, -0.25) is 9.59 Å². The quantitative estimate of drug-likeness (QED) is 0.0346. The lowest BCUT2D eigenvalue weighted by Crippen LogP contribution is -2.30. The van der Waals surface area contributed by atoms with Crippen molar-refractivity contribution >= 4 is 11.9 Å². The highest BCUT2D eigenvalue weighted by Crippen LogP contribution is 2.14. The molecule has 0 radical (unpaired) electrons. The van der Waals surface area contributed by atoms with Crippen LogP contribution in [-0.4, -0.2) is 37.9 Å². The fraction of sp³-hybridized carbons (Fsp3) is 0.607. The Labute approximate surface area is 407 Å². The minimum Gasteiger partial charge on any atom is -0.462 e. The zero-order chi connectivity index (χ0) is 47.7. The van der Waals surface area contributed by atoms with Gasteiger partial charge in [0.15, 0.2) is 6.10 Å². The summed E-state index contributed by atoms with van der Waals surface area (Å²) in [7, 11) is 0. The molecule has 0 N–H and O–H groups in total. The number of hydrogen-bond donors (Lipinski definition) is 0. The van der Waals surface area contributed by atoms with E-state index in [1.54, 1.807) is 0 Å². The van der Waals surface area contributed by atoms with Gasteiger partial charge < -0.3 is 14.2 Å². The third-order valence-corrected chi connectivity index (χ3v) is 10.7. The molecular formula is C61H98O5. The molecule has 0 aliphatic rings. The van der Waals surface area contributed by atoms with E-state index in [0.717, 1.165) is 116 Å². The van der Waals surface area contributed by atoms with E-state index in [2.05, 4.69) is 154 Å². The van der Waals surface area contributed by atoms with E-state index in [9.17, 15) is 9.59 Å². The second kappa shape index (κ2) is 55.4. The van der Waals surface area contributed by atoms with E-state index < -0.39 is 6.10 Å². The first-order valence-electron chi connectivity index (χ1n) is 26.7. The van der Waals surface area contributed by atoms with Crippen LogP contribution in [0.4, 0.5) is 0 Å². The summed E-state index contributed by atoms with van der Waals surface area (Å²) in [6.45, 7) is 7.38. The van der Waals surface area contributed by atoms with Gasteiger partial charge in [0.05, 0.1) is 6.61 Å². The van der Waals surface area contributed by atoms with Crippen molar-refractivity contribution in [1.29, 1.82) is 0 Å². The first-order chi connectivity index (χ1) is 32.6. The molecule has 0 aromatic carbocycles. The van der Waals surface area contributed by atoms with Gasteiger partial charge in [-0.1, -0.05) is 231 Å². The maximum Gasteiger partial charge on any atom is 0.306 e. The van der Waals surface area contributed by atoms with Crippen LogP contribution in [0.15, 0.2) is 134 Å². The van der Waals surface area contributed by atoms with E-state index in [-0.39, 0.29) is 25.2 Å². The molecule has 1 atom stereocenters. The lowest BCUT2D eigenvalue weighted by atomic mass is 10.0. The van der Waals surface area contributed by atoms with E-state index >= 15 is 0 Å². The highest BCUT2D eigenvalue weighted by molar-refractivity contribution is 5.70. The normalized spacial score (nSPS) is 13.3. The van der Waals surface area contributed by atoms with Gasteiger partial charge in [0.2, 0.25) is 0 Å². The van der Waals surface area contributed by atoms with Crippen LogP contribution in [0.1, 0.15) is 213 Å². The molecule has 5 nitrogen and oxygen atoms in total. The Morgan fingerprint density at radius 3 is 1.08 bits per heavy atom. The molecule has 0 saturated heterocycles. The molecule has 66 heavy (non-hydrogen) atoms. The summed E-state index contributed by atoms with van der Waals surface area (Å²) in [5.41, 5.74) is 0. The molecule has 0 saturated carbocycles. The van der Waals surface area contributed by atoms with Gasteiger partial charge in [0, 0.05) is 19.4 Å². The molecule has 0 aliphatic heterocycles. The van der Waals surface area contributed by atoms with Gasteiger partial charge in [-0.2, -0.15) is 0 Å². The van der Waals surface area contributed by atoms with E-state index in [1.165, 1.54) is 64.2 Å². The maximum atomic E-state index is 12.8. The maximum absolute atomic E-state index is 12.8. The van der Waals surface area contributed by atoms with E-state index in [0.29, 0.717) is 19.4 Å². The van der Waals surface area contributed by atoms with Crippen LogP contribution in [0.25, 0.3) is 0 Å². The van der Waals surface area contributed by atoms with Gasteiger partial charge in [-0.15, -0.1) is 0 Å². The van der Waals surface area contributed by atoms with Crippen molar-refractivity contribution in [3.8, 4) is 0 Å². The van der Waals surface area contributed by atoms with Gasteiger partial charge in [0.25, 0.3) is 0 Å². The number of ether oxygens (including phenoxy) is 3. The minimum absolute atomic E-state index is 0.0258. The number of hydrogen-bond acceptors (Lipinski definition) is 5. The number of rotatable bonds is 47. The lowest BCUT2D eigenvalue weighted by molar-refractivity contribution is -0.162. The Bertz CT molecular complexity index is 1400. The summed E-state index contributed by atoms with van der Waals surface area (Å²) >= 11 is 0. The predicted molar refractivity (Wildman–Crippen MR) is 288 cm³/mol. The zero-order valence-electron chi connectivity index (χ0n) is 42.7. The standard InChI is InChI=1S/C61H98O5/c1-4-7-10-13-16-19-22-25-27-29-30-31-33-35-38-41-44-47-50-53-56-64-57-59(66-61(63)55-52-49-46-43-40-36-24-21-18-15-12-9-6-3)58-65-60(62)54-51-48-45-42-39-37-34-32-28-26-23-20-17-14-11-8-5-2/h7-8,10-11,16-17,19-20,25-28,30-31,34-35,37-38,42,44-45,47,59H,4-6,9,12-15,18,21-24,29,32-33,36,39-41,43,46,48-58H2,1-3H3/b10-7-,11-8-,19-16-,20-17-,27-25-,28-26-,31-30-,37-34-,38-35-,45-42-,47-44-. The highest BCUT2D eigenvalue weighted by atomic mass is 16.6. The molecule has 0 spiro atoms. The van der Waals surface area contributed by atoms with E-state index in [1.807, 2.05) is 0 Å². The molecule has 0 heterocycles. The van der Waals surface area contributed by atoms with Crippen molar-refractivity contribution in [3.05, 3.63) is 134 Å². The summed E-state index contributed by atoms with van der Waals surface area (Å²) in [6, 6.07) is 0. The van der Waals surface area contributed by atoms with Crippen LogP contribution in [0.3, 0.4) is 0 Å². The fourth-order valence-electron chi connectivity index (χ4n) is 6.80. The smallest absolute Gasteiger partial charge is 0.306 e. The van der Waals surface area contributed by atoms with Crippen LogP contribution in [0.2, 0.25) is 0 Å². The molecule has 0 amide bonds. The van der Waals surface area contributed by atoms with Gasteiger partial charge in [0.1, 0.15) is 6.61 Å². The third kappa shape index (κ3) is 52.7. The summed E-state index contributed by atoms with van der Waals surface area (Å²) in [5.74, 6) is -0.503. The average molecular weight is 911 g/mol. The predicted octanol–water partition coefficient (Wildman–Crippen LogP) is 18.3. The Morgan fingerprint density at radius 2 is 0.682 bits per heavy atom. The number of unbranched alkanes of at least 4 members (excludes halogenated alkanes) is 14. The molecule has 0 aromatic heterocycles. The Kier molecular flexibility index (Phi) is 52.0. The van der Waals surface area contributed by atoms with Crippen molar-refractivity contribution < 1.29 is 23.8 Å². The molecule has 0 rings (SSSR count). The lowest BCUT2D eigenvalue weighted by Gasteiger charge is -2.18. The summed E-state index contributed by atoms with van der Waals surface area (Å²) in [6.07, 6.45) is 79.1. The summed E-state index contributed by atoms with van der Waals surface area (Å²) in [4.78, 5) is 25.4. The monoisotopic (exact) mass is 911 g/mol. The molecule has 372 valence electrons. The average Bonchev–Trinajstić information content (AvgIpc) is 3.32. The van der Waals surface area contributed by atoms with E-state index in [4.69, 9.17) is 14.2 Å². The van der Waals surface area contributed by atoms with Crippen LogP contribution in [0.5, 0.6) is 0 Å². The fourth-order valence-corrected chi connectivity index (χ4v) is 6.80. The van der Waals surface area contributed by atoms with Crippen molar-refractivity contribution in [2.45, 2.75) is 219 Å². The second-order valence-electron chi connectivity index (χ2n) is 17.0. The zero-order valence-corrected chi connectivity index (χ0v) is 42.7. The van der Waals surface area contributed by atoms with Crippen LogP contribution >= 0.6 is 0 Å². The highest BCUT2D eigenvalue weighted by Gasteiger charge is 2.17. The largest absolute Gasteiger partial charge is 0.462 e. The van der Waals surface area contributed by atoms with Crippen LogP contribution in [0, 0.1) is 0 Å². The number of esters is 2. The first-order valence-corrected chi connectivity index (χ1v) is 26.7. The van der Waals surface area contributed by atoms with Crippen molar-refractivity contribution in [1.82, 2.24) is 0 Å². The topological polar surface area (TPSA) is 61.8 Å². The van der Waals surface area contributed by atoms with Crippen molar-refractivity contribution in [2.75, 3.05) is 19.8 Å². The van der Waals surface area contributed by atoms with Crippen LogP contribution < -0.4 is 0 Å².